The number of aryl methyl sites for hydroxylation is 1. The Morgan fingerprint density at radius 3 is 2.24 bits per heavy atom. The molecule has 128 valence electrons. The van der Waals surface area contributed by atoms with Gasteiger partial charge in [-0.05, 0) is 36.8 Å². The number of thioether (sulfide) groups is 1. The molecule has 0 saturated carbocycles. The van der Waals surface area contributed by atoms with E-state index in [9.17, 15) is 9.59 Å². The molecule has 0 saturated heterocycles. The van der Waals surface area contributed by atoms with Gasteiger partial charge in [0.1, 0.15) is 0 Å². The van der Waals surface area contributed by atoms with Crippen molar-refractivity contribution in [2.24, 2.45) is 0 Å². The van der Waals surface area contributed by atoms with E-state index in [0.717, 1.165) is 10.0 Å². The second-order valence-electron chi connectivity index (χ2n) is 5.56. The van der Waals surface area contributed by atoms with Crippen LogP contribution in [0.15, 0.2) is 57.9 Å². The van der Waals surface area contributed by atoms with Gasteiger partial charge in [0.15, 0.2) is 0 Å². The van der Waals surface area contributed by atoms with Crippen molar-refractivity contribution in [3.05, 3.63) is 69.0 Å². The number of hydrogen-bond donors (Lipinski definition) is 1. The first-order valence-electron chi connectivity index (χ1n) is 7.72. The van der Waals surface area contributed by atoms with Crippen molar-refractivity contribution in [3.8, 4) is 0 Å². The van der Waals surface area contributed by atoms with Crippen molar-refractivity contribution in [2.75, 3.05) is 17.3 Å². The highest BCUT2D eigenvalue weighted by atomic mass is 79.9. The van der Waals surface area contributed by atoms with E-state index in [-0.39, 0.29) is 18.4 Å². The summed E-state index contributed by atoms with van der Waals surface area (Å²) >= 11 is 4.57. The molecule has 0 bridgehead atoms. The largest absolute Gasteiger partial charge is 0.396 e. The summed E-state index contributed by atoms with van der Waals surface area (Å²) in [4.78, 5) is 27.5. The minimum atomic E-state index is -0.346. The molecule has 0 aromatic heterocycles. The number of imide groups is 1. The lowest BCUT2D eigenvalue weighted by Gasteiger charge is -2.15. The summed E-state index contributed by atoms with van der Waals surface area (Å²) in [5.74, 6) is -0.323. The Hall–Kier alpha value is -1.89. The van der Waals surface area contributed by atoms with Crippen LogP contribution in [0.4, 0.5) is 5.69 Å². The van der Waals surface area contributed by atoms with Gasteiger partial charge in [-0.1, -0.05) is 45.8 Å². The maximum Gasteiger partial charge on any atom is 0.272 e. The monoisotopic (exact) mass is 417 g/mol. The minimum Gasteiger partial charge on any atom is -0.396 e. The van der Waals surface area contributed by atoms with Crippen molar-refractivity contribution in [3.63, 3.8) is 0 Å². The first-order valence-corrected chi connectivity index (χ1v) is 9.50. The van der Waals surface area contributed by atoms with Crippen molar-refractivity contribution in [1.29, 1.82) is 0 Å². The number of aliphatic hydroxyl groups is 1. The first kappa shape index (κ1) is 17.9. The van der Waals surface area contributed by atoms with Gasteiger partial charge in [-0.15, -0.1) is 11.8 Å². The number of amides is 2. The first-order chi connectivity index (χ1) is 12.0. The lowest BCUT2D eigenvalue weighted by molar-refractivity contribution is -0.119. The van der Waals surface area contributed by atoms with E-state index < -0.39 is 0 Å². The van der Waals surface area contributed by atoms with Crippen LogP contribution < -0.4 is 4.90 Å². The van der Waals surface area contributed by atoms with Crippen LogP contribution >= 0.6 is 27.7 Å². The molecule has 4 nitrogen and oxygen atoms in total. The average molecular weight is 418 g/mol. The van der Waals surface area contributed by atoms with Crippen molar-refractivity contribution in [2.45, 2.75) is 6.92 Å². The van der Waals surface area contributed by atoms with Crippen LogP contribution in [0.5, 0.6) is 0 Å². The molecule has 0 atom stereocenters. The Balaban J connectivity index is 2.05. The Morgan fingerprint density at radius 1 is 1.00 bits per heavy atom. The van der Waals surface area contributed by atoms with Crippen LogP contribution in [0.3, 0.4) is 0 Å². The van der Waals surface area contributed by atoms with Crippen LogP contribution in [-0.4, -0.2) is 29.3 Å². The van der Waals surface area contributed by atoms with E-state index in [4.69, 9.17) is 5.11 Å². The molecule has 0 spiro atoms. The molecule has 2 aromatic rings. The number of nitrogens with zero attached hydrogens (tertiary/aromatic N) is 1. The zero-order chi connectivity index (χ0) is 18.0. The normalized spacial score (nSPS) is 14.6. The second-order valence-corrected chi connectivity index (χ2v) is 7.59. The fourth-order valence-electron chi connectivity index (χ4n) is 2.59. The summed E-state index contributed by atoms with van der Waals surface area (Å²) in [6.07, 6.45) is 0. The molecular weight excluding hydrogens is 402 g/mol. The highest BCUT2D eigenvalue weighted by Gasteiger charge is 2.40. The van der Waals surface area contributed by atoms with Crippen molar-refractivity contribution >= 4 is 50.8 Å². The van der Waals surface area contributed by atoms with Gasteiger partial charge >= 0.3 is 0 Å². The molecule has 1 aliphatic rings. The van der Waals surface area contributed by atoms with Crippen molar-refractivity contribution in [1.82, 2.24) is 0 Å². The number of benzene rings is 2. The zero-order valence-electron chi connectivity index (χ0n) is 13.5. The van der Waals surface area contributed by atoms with E-state index >= 15 is 0 Å². The number of anilines is 1. The molecular formula is C19H16BrNO3S. The molecule has 2 aromatic carbocycles. The van der Waals surface area contributed by atoms with Gasteiger partial charge in [0.2, 0.25) is 0 Å². The van der Waals surface area contributed by atoms with Gasteiger partial charge in [0.25, 0.3) is 11.8 Å². The number of carbonyl (C=O) groups is 2. The van der Waals surface area contributed by atoms with Gasteiger partial charge in [-0.3, -0.25) is 9.59 Å². The highest BCUT2D eigenvalue weighted by molar-refractivity contribution is 9.10. The Kier molecular flexibility index (Phi) is 5.42. The molecule has 25 heavy (non-hydrogen) atoms. The van der Waals surface area contributed by atoms with Crippen LogP contribution in [-0.2, 0) is 9.59 Å². The van der Waals surface area contributed by atoms with Crippen LogP contribution in [0, 0.1) is 6.92 Å². The lowest BCUT2D eigenvalue weighted by Crippen LogP contribution is -2.31. The predicted molar refractivity (Wildman–Crippen MR) is 104 cm³/mol. The fraction of sp³-hybridized carbons (Fsp3) is 0.158. The Bertz CT molecular complexity index is 844. The smallest absolute Gasteiger partial charge is 0.272 e. The SMILES string of the molecule is Cc1ccc(C2=C(SCCO)C(=O)N(c3ccc(Br)cc3)C2=O)cc1. The van der Waals surface area contributed by atoms with Crippen LogP contribution in [0.2, 0.25) is 0 Å². The van der Waals surface area contributed by atoms with Crippen LogP contribution in [0.1, 0.15) is 11.1 Å². The summed E-state index contributed by atoms with van der Waals surface area (Å²) < 4.78 is 0.872. The van der Waals surface area contributed by atoms with E-state index in [0.29, 0.717) is 27.5 Å². The minimum absolute atomic E-state index is 0.0604. The van der Waals surface area contributed by atoms with Crippen LogP contribution in [0.25, 0.3) is 5.57 Å². The van der Waals surface area contributed by atoms with E-state index in [2.05, 4.69) is 15.9 Å². The summed E-state index contributed by atoms with van der Waals surface area (Å²) in [7, 11) is 0. The number of hydrogen-bond acceptors (Lipinski definition) is 4. The van der Waals surface area contributed by atoms with Crippen molar-refractivity contribution < 1.29 is 14.7 Å². The third kappa shape index (κ3) is 3.56. The summed E-state index contributed by atoms with van der Waals surface area (Å²) in [6, 6.07) is 14.6. The summed E-state index contributed by atoms with van der Waals surface area (Å²) in [6.45, 7) is 1.91. The van der Waals surface area contributed by atoms with Gasteiger partial charge in [-0.25, -0.2) is 4.90 Å². The maximum atomic E-state index is 13.0. The summed E-state index contributed by atoms with van der Waals surface area (Å²) in [5, 5.41) is 9.13. The fourth-order valence-corrected chi connectivity index (χ4v) is 3.71. The molecule has 2 amide bonds. The number of rotatable bonds is 5. The Morgan fingerprint density at radius 2 is 1.64 bits per heavy atom. The van der Waals surface area contributed by atoms with Gasteiger partial charge in [-0.2, -0.15) is 0 Å². The van der Waals surface area contributed by atoms with Gasteiger partial charge in [0.05, 0.1) is 22.8 Å². The molecule has 0 radical (unpaired) electrons. The third-order valence-corrected chi connectivity index (χ3v) is 5.39. The molecule has 1 heterocycles. The molecule has 1 aliphatic heterocycles. The standard InChI is InChI=1S/C19H16BrNO3S/c1-12-2-4-13(5-3-12)16-17(25-11-10-22)19(24)21(18(16)23)15-8-6-14(20)7-9-15/h2-9,22H,10-11H2,1H3. The quantitative estimate of drug-likeness (QED) is 0.752. The molecule has 3 rings (SSSR count). The second kappa shape index (κ2) is 7.56. The molecule has 0 aliphatic carbocycles. The average Bonchev–Trinajstić information content (AvgIpc) is 2.85. The molecule has 1 N–H and O–H groups in total. The number of carbonyl (C=O) groups excluding carboxylic acids is 2. The maximum absolute atomic E-state index is 13.0. The number of aliphatic hydroxyl groups excluding tert-OH is 1. The predicted octanol–water partition coefficient (Wildman–Crippen LogP) is 3.77. The lowest BCUT2D eigenvalue weighted by atomic mass is 10.0. The van der Waals surface area contributed by atoms with E-state index in [1.165, 1.54) is 16.7 Å². The van der Waals surface area contributed by atoms with Gasteiger partial charge in [0, 0.05) is 10.2 Å². The highest BCUT2D eigenvalue weighted by Crippen LogP contribution is 2.38. The number of halogens is 1. The van der Waals surface area contributed by atoms with Gasteiger partial charge < -0.3 is 5.11 Å². The molecule has 0 unspecified atom stereocenters. The third-order valence-electron chi connectivity index (χ3n) is 3.80. The topological polar surface area (TPSA) is 57.6 Å². The zero-order valence-corrected chi connectivity index (χ0v) is 15.9. The molecule has 6 heteroatoms. The Labute approximate surface area is 158 Å². The summed E-state index contributed by atoms with van der Waals surface area (Å²) in [5.41, 5.74) is 2.72. The van der Waals surface area contributed by atoms with E-state index in [1.54, 1.807) is 24.3 Å². The molecule has 0 fully saturated rings. The van der Waals surface area contributed by atoms with E-state index in [1.807, 2.05) is 31.2 Å².